The Kier molecular flexibility index (Phi) is 6.17. The van der Waals surface area contributed by atoms with Crippen LogP contribution in [0, 0.1) is 0 Å². The van der Waals surface area contributed by atoms with Crippen molar-refractivity contribution >= 4 is 11.8 Å². The van der Waals surface area contributed by atoms with Crippen LogP contribution in [0.2, 0.25) is 0 Å². The number of methoxy groups -OCH3 is 1. The van der Waals surface area contributed by atoms with Crippen LogP contribution in [0.3, 0.4) is 0 Å². The van der Waals surface area contributed by atoms with Crippen LogP contribution in [-0.2, 0) is 10.2 Å². The summed E-state index contributed by atoms with van der Waals surface area (Å²) in [5, 5.41) is 5.66. The second-order valence-corrected chi connectivity index (χ2v) is 6.23. The van der Waals surface area contributed by atoms with Gasteiger partial charge in [0.25, 0.3) is 5.91 Å². The molecule has 2 aromatic rings. The molecular formula is C20H24N2O3. The second-order valence-electron chi connectivity index (χ2n) is 6.23. The van der Waals surface area contributed by atoms with Crippen LogP contribution in [0.25, 0.3) is 0 Å². The molecular weight excluding hydrogens is 316 g/mol. The highest BCUT2D eigenvalue weighted by Gasteiger charge is 2.29. The van der Waals surface area contributed by atoms with Gasteiger partial charge in [-0.1, -0.05) is 36.4 Å². The molecule has 2 aromatic carbocycles. The Morgan fingerprint density at radius 2 is 1.64 bits per heavy atom. The maximum absolute atomic E-state index is 12.4. The van der Waals surface area contributed by atoms with Crippen molar-refractivity contribution in [2.24, 2.45) is 0 Å². The van der Waals surface area contributed by atoms with Crippen molar-refractivity contribution < 1.29 is 14.3 Å². The van der Waals surface area contributed by atoms with E-state index in [1.165, 1.54) is 0 Å². The zero-order valence-corrected chi connectivity index (χ0v) is 14.8. The number of nitrogens with one attached hydrogen (secondary N) is 2. The van der Waals surface area contributed by atoms with Crippen LogP contribution in [0.4, 0.5) is 0 Å². The third-order valence-corrected chi connectivity index (χ3v) is 4.09. The molecule has 0 atom stereocenters. The van der Waals surface area contributed by atoms with Gasteiger partial charge in [0.15, 0.2) is 0 Å². The second kappa shape index (κ2) is 8.33. The molecule has 5 heteroatoms. The number of hydrogen-bond donors (Lipinski definition) is 2. The van der Waals surface area contributed by atoms with Gasteiger partial charge in [0.05, 0.1) is 12.5 Å². The molecule has 2 amide bonds. The number of carbonyl (C=O) groups excluding carboxylic acids is 2. The summed E-state index contributed by atoms with van der Waals surface area (Å²) in [6.45, 7) is 4.48. The molecule has 2 rings (SSSR count). The lowest BCUT2D eigenvalue weighted by Crippen LogP contribution is -2.43. The third kappa shape index (κ3) is 4.83. The van der Waals surface area contributed by atoms with E-state index in [-0.39, 0.29) is 11.8 Å². The summed E-state index contributed by atoms with van der Waals surface area (Å²) >= 11 is 0. The van der Waals surface area contributed by atoms with E-state index >= 15 is 0 Å². The summed E-state index contributed by atoms with van der Waals surface area (Å²) in [5.74, 6) is 0.357. The fourth-order valence-corrected chi connectivity index (χ4v) is 2.43. The lowest BCUT2D eigenvalue weighted by Gasteiger charge is -2.24. The standard InChI is InChI=1S/C20H24N2O3/c1-20(2,16-9-5-4-6-10-16)19(24)22-13-12-21-18(23)15-8-7-11-17(14-15)25-3/h4-11,14H,12-13H2,1-3H3,(H,21,23)(H,22,24). The maximum Gasteiger partial charge on any atom is 0.251 e. The SMILES string of the molecule is COc1cccc(C(=O)NCCNC(=O)C(C)(C)c2ccccc2)c1. The highest BCUT2D eigenvalue weighted by Crippen LogP contribution is 2.22. The normalized spacial score (nSPS) is 10.8. The van der Waals surface area contributed by atoms with Gasteiger partial charge < -0.3 is 15.4 Å². The monoisotopic (exact) mass is 340 g/mol. The van der Waals surface area contributed by atoms with E-state index in [0.717, 1.165) is 5.56 Å². The van der Waals surface area contributed by atoms with E-state index in [9.17, 15) is 9.59 Å². The minimum absolute atomic E-state index is 0.0747. The minimum atomic E-state index is -0.627. The van der Waals surface area contributed by atoms with Gasteiger partial charge in [0.1, 0.15) is 5.75 Å². The van der Waals surface area contributed by atoms with Crippen molar-refractivity contribution in [2.75, 3.05) is 20.2 Å². The van der Waals surface area contributed by atoms with E-state index < -0.39 is 5.41 Å². The van der Waals surface area contributed by atoms with Crippen molar-refractivity contribution in [1.29, 1.82) is 0 Å². The highest BCUT2D eigenvalue weighted by atomic mass is 16.5. The predicted octanol–water partition coefficient (Wildman–Crippen LogP) is 2.52. The van der Waals surface area contributed by atoms with Crippen molar-refractivity contribution in [3.63, 3.8) is 0 Å². The molecule has 2 N–H and O–H groups in total. The van der Waals surface area contributed by atoms with E-state index in [0.29, 0.717) is 24.4 Å². The molecule has 0 aliphatic carbocycles. The maximum atomic E-state index is 12.4. The van der Waals surface area contributed by atoms with Crippen LogP contribution < -0.4 is 15.4 Å². The number of hydrogen-bond acceptors (Lipinski definition) is 3. The van der Waals surface area contributed by atoms with Gasteiger partial charge in [-0.2, -0.15) is 0 Å². The quantitative estimate of drug-likeness (QED) is 0.761. The van der Waals surface area contributed by atoms with E-state index in [1.54, 1.807) is 31.4 Å². The van der Waals surface area contributed by atoms with Gasteiger partial charge in [0, 0.05) is 18.7 Å². The first-order valence-electron chi connectivity index (χ1n) is 8.21. The Hall–Kier alpha value is -2.82. The van der Waals surface area contributed by atoms with Crippen LogP contribution in [0.1, 0.15) is 29.8 Å². The van der Waals surface area contributed by atoms with Crippen molar-refractivity contribution in [3.8, 4) is 5.75 Å². The molecule has 0 saturated heterocycles. The number of rotatable bonds is 7. The Balaban J connectivity index is 1.82. The van der Waals surface area contributed by atoms with Crippen LogP contribution >= 0.6 is 0 Å². The molecule has 0 aliphatic heterocycles. The number of carbonyl (C=O) groups is 2. The smallest absolute Gasteiger partial charge is 0.251 e. The summed E-state index contributed by atoms with van der Waals surface area (Å²) in [5.41, 5.74) is 0.848. The van der Waals surface area contributed by atoms with Crippen LogP contribution in [0.5, 0.6) is 5.75 Å². The minimum Gasteiger partial charge on any atom is -0.497 e. The van der Waals surface area contributed by atoms with Crippen LogP contribution in [-0.4, -0.2) is 32.0 Å². The van der Waals surface area contributed by atoms with Gasteiger partial charge in [-0.05, 0) is 37.6 Å². The molecule has 0 aliphatic rings. The largest absolute Gasteiger partial charge is 0.497 e. The number of ether oxygens (including phenoxy) is 1. The highest BCUT2D eigenvalue weighted by molar-refractivity contribution is 5.94. The Labute approximate surface area is 148 Å². The molecule has 0 bridgehead atoms. The molecule has 0 radical (unpaired) electrons. The molecule has 25 heavy (non-hydrogen) atoms. The molecule has 0 unspecified atom stereocenters. The average molecular weight is 340 g/mol. The van der Waals surface area contributed by atoms with Crippen molar-refractivity contribution in [2.45, 2.75) is 19.3 Å². The molecule has 0 fully saturated rings. The Morgan fingerprint density at radius 1 is 0.960 bits per heavy atom. The lowest BCUT2D eigenvalue weighted by molar-refractivity contribution is -0.125. The lowest BCUT2D eigenvalue weighted by atomic mass is 9.84. The Bertz CT molecular complexity index is 727. The van der Waals surface area contributed by atoms with Crippen molar-refractivity contribution in [1.82, 2.24) is 10.6 Å². The third-order valence-electron chi connectivity index (χ3n) is 4.09. The average Bonchev–Trinajstić information content (AvgIpc) is 2.65. The van der Waals surface area contributed by atoms with Gasteiger partial charge in [-0.3, -0.25) is 9.59 Å². The summed E-state index contributed by atoms with van der Waals surface area (Å²) in [6.07, 6.45) is 0. The molecule has 0 heterocycles. The van der Waals surface area contributed by atoms with Crippen LogP contribution in [0.15, 0.2) is 54.6 Å². The van der Waals surface area contributed by atoms with E-state index in [4.69, 9.17) is 4.74 Å². The number of amides is 2. The summed E-state index contributed by atoms with van der Waals surface area (Å²) in [4.78, 5) is 24.5. The predicted molar refractivity (Wildman–Crippen MR) is 97.8 cm³/mol. The Morgan fingerprint density at radius 3 is 2.32 bits per heavy atom. The van der Waals surface area contributed by atoms with Gasteiger partial charge >= 0.3 is 0 Å². The fourth-order valence-electron chi connectivity index (χ4n) is 2.43. The van der Waals surface area contributed by atoms with Gasteiger partial charge in [-0.25, -0.2) is 0 Å². The molecule has 5 nitrogen and oxygen atoms in total. The zero-order chi connectivity index (χ0) is 18.3. The molecule has 0 spiro atoms. The molecule has 132 valence electrons. The first-order chi connectivity index (χ1) is 11.9. The zero-order valence-electron chi connectivity index (χ0n) is 14.8. The molecule has 0 saturated carbocycles. The summed E-state index contributed by atoms with van der Waals surface area (Å²) < 4.78 is 5.10. The van der Waals surface area contributed by atoms with Gasteiger partial charge in [-0.15, -0.1) is 0 Å². The molecule has 0 aromatic heterocycles. The number of benzene rings is 2. The summed E-state index contributed by atoms with van der Waals surface area (Å²) in [6, 6.07) is 16.6. The summed E-state index contributed by atoms with van der Waals surface area (Å²) in [7, 11) is 1.56. The first kappa shape index (κ1) is 18.5. The topological polar surface area (TPSA) is 67.4 Å². The van der Waals surface area contributed by atoms with Crippen molar-refractivity contribution in [3.05, 3.63) is 65.7 Å². The fraction of sp³-hybridized carbons (Fsp3) is 0.300. The first-order valence-corrected chi connectivity index (χ1v) is 8.21. The van der Waals surface area contributed by atoms with E-state index in [1.807, 2.05) is 44.2 Å². The van der Waals surface area contributed by atoms with Gasteiger partial charge in [0.2, 0.25) is 5.91 Å². The van der Waals surface area contributed by atoms with E-state index in [2.05, 4.69) is 10.6 Å².